The number of carboxylic acids is 1. The molecule has 0 aromatic carbocycles. The summed E-state index contributed by atoms with van der Waals surface area (Å²) >= 11 is 0. The zero-order chi connectivity index (χ0) is 13.1. The number of carboxylic acid groups (broad SMARTS) is 1. The monoisotopic (exact) mass is 251 g/mol. The first-order valence-electron chi connectivity index (χ1n) is 6.09. The summed E-state index contributed by atoms with van der Waals surface area (Å²) in [6.07, 6.45) is 7.38. The minimum absolute atomic E-state index is 0.0786. The van der Waals surface area contributed by atoms with Crippen LogP contribution in [0, 0.1) is 0 Å². The number of hydrogen-bond acceptors (Lipinski definition) is 3. The standard InChI is InChI=1S/C12H17N3O3/c13-10-9(11(16)17)15(12(18)14-10)7-6-8-4-2-1-3-5-8/h4H,1-3,5-7,13H2,(H,14,18)(H,16,17). The van der Waals surface area contributed by atoms with Gasteiger partial charge in [-0.1, -0.05) is 11.6 Å². The summed E-state index contributed by atoms with van der Waals surface area (Å²) in [7, 11) is 0. The zero-order valence-electron chi connectivity index (χ0n) is 10.1. The van der Waals surface area contributed by atoms with Gasteiger partial charge in [-0.2, -0.15) is 0 Å². The van der Waals surface area contributed by atoms with Crippen molar-refractivity contribution in [1.29, 1.82) is 0 Å². The van der Waals surface area contributed by atoms with Gasteiger partial charge in [0.25, 0.3) is 0 Å². The summed E-state index contributed by atoms with van der Waals surface area (Å²) in [5, 5.41) is 9.02. The van der Waals surface area contributed by atoms with Gasteiger partial charge >= 0.3 is 11.7 Å². The molecule has 0 aliphatic heterocycles. The van der Waals surface area contributed by atoms with E-state index in [2.05, 4.69) is 11.1 Å². The van der Waals surface area contributed by atoms with E-state index in [-0.39, 0.29) is 11.5 Å². The molecule has 2 rings (SSSR count). The molecule has 0 bridgehead atoms. The molecule has 1 heterocycles. The molecule has 0 fully saturated rings. The molecule has 4 N–H and O–H groups in total. The number of aromatic amines is 1. The molecule has 0 saturated heterocycles. The first kappa shape index (κ1) is 12.5. The Morgan fingerprint density at radius 1 is 1.50 bits per heavy atom. The predicted octanol–water partition coefficient (Wildman–Crippen LogP) is 1.35. The Labute approximate surface area is 104 Å². The van der Waals surface area contributed by atoms with Crippen LogP contribution in [-0.2, 0) is 6.54 Å². The lowest BCUT2D eigenvalue weighted by Crippen LogP contribution is -2.21. The lowest BCUT2D eigenvalue weighted by molar-refractivity contribution is 0.0686. The lowest BCUT2D eigenvalue weighted by Gasteiger charge is -2.13. The van der Waals surface area contributed by atoms with E-state index in [1.54, 1.807) is 0 Å². The van der Waals surface area contributed by atoms with Crippen LogP contribution in [0.2, 0.25) is 0 Å². The molecule has 98 valence electrons. The zero-order valence-corrected chi connectivity index (χ0v) is 10.1. The largest absolute Gasteiger partial charge is 0.476 e. The number of rotatable bonds is 4. The second kappa shape index (κ2) is 5.12. The number of nitrogen functional groups attached to an aromatic ring is 1. The van der Waals surface area contributed by atoms with Crippen molar-refractivity contribution in [2.75, 3.05) is 5.73 Å². The van der Waals surface area contributed by atoms with E-state index in [0.717, 1.165) is 12.8 Å². The highest BCUT2D eigenvalue weighted by Crippen LogP contribution is 2.20. The molecule has 0 unspecified atom stereocenters. The van der Waals surface area contributed by atoms with Gasteiger partial charge in [-0.3, -0.25) is 9.55 Å². The van der Waals surface area contributed by atoms with E-state index in [0.29, 0.717) is 13.0 Å². The van der Waals surface area contributed by atoms with Crippen molar-refractivity contribution in [3.63, 3.8) is 0 Å². The van der Waals surface area contributed by atoms with Crippen LogP contribution in [0.15, 0.2) is 16.4 Å². The Morgan fingerprint density at radius 2 is 2.28 bits per heavy atom. The van der Waals surface area contributed by atoms with E-state index in [1.807, 2.05) is 0 Å². The Bertz CT molecular complexity index is 539. The number of nitrogens with two attached hydrogens (primary N) is 1. The van der Waals surface area contributed by atoms with Crippen LogP contribution >= 0.6 is 0 Å². The summed E-state index contributed by atoms with van der Waals surface area (Å²) in [4.78, 5) is 24.9. The summed E-state index contributed by atoms with van der Waals surface area (Å²) in [5.74, 6) is -1.26. The third kappa shape index (κ3) is 2.47. The molecular weight excluding hydrogens is 234 g/mol. The van der Waals surface area contributed by atoms with Gasteiger partial charge in [0.2, 0.25) is 0 Å². The van der Waals surface area contributed by atoms with Gasteiger partial charge < -0.3 is 10.8 Å². The number of carbonyl (C=O) groups is 1. The number of imidazole rings is 1. The molecule has 1 aromatic rings. The van der Waals surface area contributed by atoms with E-state index in [4.69, 9.17) is 10.8 Å². The molecule has 0 saturated carbocycles. The number of anilines is 1. The highest BCUT2D eigenvalue weighted by atomic mass is 16.4. The van der Waals surface area contributed by atoms with Gasteiger partial charge in [0.05, 0.1) is 0 Å². The maximum Gasteiger partial charge on any atom is 0.356 e. The maximum atomic E-state index is 11.6. The number of hydrogen-bond donors (Lipinski definition) is 3. The lowest BCUT2D eigenvalue weighted by atomic mass is 9.97. The molecule has 6 heteroatoms. The van der Waals surface area contributed by atoms with E-state index < -0.39 is 11.7 Å². The van der Waals surface area contributed by atoms with Gasteiger partial charge in [0.1, 0.15) is 5.82 Å². The van der Waals surface area contributed by atoms with Crippen LogP contribution in [0.25, 0.3) is 0 Å². The quantitative estimate of drug-likeness (QED) is 0.703. The van der Waals surface area contributed by atoms with Crippen LogP contribution < -0.4 is 11.4 Å². The van der Waals surface area contributed by atoms with Crippen molar-refractivity contribution in [3.8, 4) is 0 Å². The summed E-state index contributed by atoms with van der Waals surface area (Å²) in [5.41, 5.74) is 6.18. The molecule has 1 aromatic heterocycles. The number of allylic oxidation sites excluding steroid dienone is 2. The average molecular weight is 251 g/mol. The first-order chi connectivity index (χ1) is 8.59. The van der Waals surface area contributed by atoms with Crippen LogP contribution in [0.1, 0.15) is 42.6 Å². The van der Waals surface area contributed by atoms with E-state index in [1.165, 1.54) is 23.0 Å². The molecule has 6 nitrogen and oxygen atoms in total. The number of nitrogens with zero attached hydrogens (tertiary/aromatic N) is 1. The minimum Gasteiger partial charge on any atom is -0.476 e. The molecular formula is C12H17N3O3. The number of aromatic nitrogens is 2. The Hall–Kier alpha value is -1.98. The Balaban J connectivity index is 2.16. The Morgan fingerprint density at radius 3 is 2.89 bits per heavy atom. The molecule has 0 atom stereocenters. The normalized spacial score (nSPS) is 15.4. The molecule has 1 aliphatic rings. The van der Waals surface area contributed by atoms with Crippen LogP contribution in [0.4, 0.5) is 5.82 Å². The minimum atomic E-state index is -1.18. The molecule has 0 amide bonds. The van der Waals surface area contributed by atoms with Crippen molar-refractivity contribution >= 4 is 11.8 Å². The topological polar surface area (TPSA) is 101 Å². The summed E-state index contributed by atoms with van der Waals surface area (Å²) < 4.78 is 1.20. The maximum absolute atomic E-state index is 11.6. The summed E-state index contributed by atoms with van der Waals surface area (Å²) in [6, 6.07) is 0. The van der Waals surface area contributed by atoms with Crippen LogP contribution in [-0.4, -0.2) is 20.6 Å². The van der Waals surface area contributed by atoms with Crippen molar-refractivity contribution in [2.45, 2.75) is 38.6 Å². The van der Waals surface area contributed by atoms with Crippen molar-refractivity contribution in [1.82, 2.24) is 9.55 Å². The number of H-pyrrole nitrogens is 1. The van der Waals surface area contributed by atoms with Crippen molar-refractivity contribution < 1.29 is 9.90 Å². The number of aromatic carboxylic acids is 1. The van der Waals surface area contributed by atoms with E-state index >= 15 is 0 Å². The highest BCUT2D eigenvalue weighted by Gasteiger charge is 2.18. The molecule has 1 aliphatic carbocycles. The van der Waals surface area contributed by atoms with Gasteiger partial charge in [0, 0.05) is 6.54 Å². The molecule has 0 spiro atoms. The third-order valence-corrected chi connectivity index (χ3v) is 3.26. The van der Waals surface area contributed by atoms with Crippen LogP contribution in [0.5, 0.6) is 0 Å². The predicted molar refractivity (Wildman–Crippen MR) is 67.6 cm³/mol. The van der Waals surface area contributed by atoms with E-state index in [9.17, 15) is 9.59 Å². The molecule has 0 radical (unpaired) electrons. The van der Waals surface area contributed by atoms with Crippen LogP contribution in [0.3, 0.4) is 0 Å². The van der Waals surface area contributed by atoms with Gasteiger partial charge in [0.15, 0.2) is 5.69 Å². The van der Waals surface area contributed by atoms with Gasteiger partial charge in [-0.05, 0) is 32.1 Å². The smallest absolute Gasteiger partial charge is 0.356 e. The Kier molecular flexibility index (Phi) is 3.55. The van der Waals surface area contributed by atoms with Crippen molar-refractivity contribution in [3.05, 3.63) is 27.8 Å². The molecule has 18 heavy (non-hydrogen) atoms. The highest BCUT2D eigenvalue weighted by molar-refractivity contribution is 5.90. The first-order valence-corrected chi connectivity index (χ1v) is 6.09. The third-order valence-electron chi connectivity index (χ3n) is 3.26. The van der Waals surface area contributed by atoms with Gasteiger partial charge in [-0.25, -0.2) is 9.59 Å². The second-order valence-corrected chi connectivity index (χ2v) is 4.51. The number of nitrogens with one attached hydrogen (secondary N) is 1. The summed E-state index contributed by atoms with van der Waals surface area (Å²) in [6.45, 7) is 0.361. The fraction of sp³-hybridized carbons (Fsp3) is 0.500. The SMILES string of the molecule is Nc1[nH]c(=O)n(CCC2=CCCCC2)c1C(=O)O. The average Bonchev–Trinajstić information content (AvgIpc) is 2.62. The fourth-order valence-electron chi connectivity index (χ4n) is 2.32. The fourth-order valence-corrected chi connectivity index (χ4v) is 2.32. The van der Waals surface area contributed by atoms with Crippen molar-refractivity contribution in [2.24, 2.45) is 0 Å². The second-order valence-electron chi connectivity index (χ2n) is 4.51. The van der Waals surface area contributed by atoms with Gasteiger partial charge in [-0.15, -0.1) is 0 Å².